The molecule has 1 aliphatic heterocycles. The second-order valence-electron chi connectivity index (χ2n) is 7.17. The van der Waals surface area contributed by atoms with Gasteiger partial charge in [-0.25, -0.2) is 4.98 Å². The Labute approximate surface area is 172 Å². The van der Waals surface area contributed by atoms with Crippen LogP contribution in [0.15, 0.2) is 66.9 Å². The molecule has 0 bridgehead atoms. The lowest BCUT2D eigenvalue weighted by Crippen LogP contribution is -2.46. The summed E-state index contributed by atoms with van der Waals surface area (Å²) in [5, 5.41) is 0. The van der Waals surface area contributed by atoms with Gasteiger partial charge < -0.3 is 9.80 Å². The van der Waals surface area contributed by atoms with Crippen molar-refractivity contribution in [2.75, 3.05) is 36.0 Å². The highest BCUT2D eigenvalue weighted by Crippen LogP contribution is 2.32. The van der Waals surface area contributed by atoms with Crippen molar-refractivity contribution >= 4 is 17.8 Å². The zero-order chi connectivity index (χ0) is 21.1. The minimum atomic E-state index is -4.34. The van der Waals surface area contributed by atoms with E-state index in [-0.39, 0.29) is 0 Å². The molecule has 0 aliphatic carbocycles. The maximum atomic E-state index is 13.0. The van der Waals surface area contributed by atoms with Crippen molar-refractivity contribution in [3.05, 3.63) is 78.0 Å². The molecular formula is C23H20F3N3O. The molecular weight excluding hydrogens is 391 g/mol. The first kappa shape index (κ1) is 19.9. The molecule has 1 aromatic heterocycles. The number of benzene rings is 2. The highest BCUT2D eigenvalue weighted by Gasteiger charge is 2.31. The number of hydrogen-bond donors (Lipinski definition) is 0. The van der Waals surface area contributed by atoms with Crippen molar-refractivity contribution in [2.24, 2.45) is 0 Å². The third-order valence-corrected chi connectivity index (χ3v) is 5.27. The molecule has 0 unspecified atom stereocenters. The van der Waals surface area contributed by atoms with Gasteiger partial charge >= 0.3 is 6.18 Å². The maximum Gasteiger partial charge on any atom is 0.416 e. The van der Waals surface area contributed by atoms with E-state index in [1.165, 1.54) is 12.1 Å². The third kappa shape index (κ3) is 4.30. The van der Waals surface area contributed by atoms with Crippen LogP contribution in [-0.2, 0) is 6.18 Å². The summed E-state index contributed by atoms with van der Waals surface area (Å²) in [5.41, 5.74) is 2.53. The minimum Gasteiger partial charge on any atom is -0.368 e. The fourth-order valence-corrected chi connectivity index (χ4v) is 3.57. The number of piperazine rings is 1. The quantitative estimate of drug-likeness (QED) is 0.572. The standard InChI is InChI=1S/C23H20F3N3O/c24-23(25,26)20-2-1-3-21(14-20)28-10-12-29(13-11-28)22-9-8-19(15-27-22)18-6-4-17(16-30)5-7-18/h1-9,14-16H,10-13H2. The predicted molar refractivity (Wildman–Crippen MR) is 111 cm³/mol. The van der Waals surface area contributed by atoms with Gasteiger partial charge in [0.2, 0.25) is 0 Å². The van der Waals surface area contributed by atoms with E-state index in [1.807, 2.05) is 29.2 Å². The molecule has 154 valence electrons. The monoisotopic (exact) mass is 411 g/mol. The molecule has 1 aliphatic rings. The molecule has 30 heavy (non-hydrogen) atoms. The Hall–Kier alpha value is -3.35. The van der Waals surface area contributed by atoms with E-state index in [9.17, 15) is 18.0 Å². The molecule has 3 aromatic rings. The van der Waals surface area contributed by atoms with E-state index in [0.29, 0.717) is 37.4 Å². The molecule has 7 heteroatoms. The van der Waals surface area contributed by atoms with Gasteiger partial charge in [-0.15, -0.1) is 0 Å². The van der Waals surface area contributed by atoms with Gasteiger partial charge in [0.25, 0.3) is 0 Å². The Kier molecular flexibility index (Phi) is 5.44. The predicted octanol–water partition coefficient (Wildman–Crippen LogP) is 4.91. The van der Waals surface area contributed by atoms with Crippen molar-refractivity contribution in [1.29, 1.82) is 0 Å². The van der Waals surface area contributed by atoms with Crippen LogP contribution in [0.1, 0.15) is 15.9 Å². The Morgan fingerprint density at radius 2 is 1.50 bits per heavy atom. The molecule has 2 aromatic carbocycles. The van der Waals surface area contributed by atoms with Gasteiger partial charge in [0.05, 0.1) is 5.56 Å². The first-order chi connectivity index (χ1) is 14.4. The van der Waals surface area contributed by atoms with E-state index in [2.05, 4.69) is 9.88 Å². The van der Waals surface area contributed by atoms with Crippen molar-refractivity contribution in [3.63, 3.8) is 0 Å². The Balaban J connectivity index is 1.41. The summed E-state index contributed by atoms with van der Waals surface area (Å²) in [4.78, 5) is 19.4. The number of anilines is 2. The number of aromatic nitrogens is 1. The largest absolute Gasteiger partial charge is 0.416 e. The van der Waals surface area contributed by atoms with Gasteiger partial charge in [0, 0.05) is 49.2 Å². The van der Waals surface area contributed by atoms with Gasteiger partial charge in [0.15, 0.2) is 0 Å². The van der Waals surface area contributed by atoms with Crippen molar-refractivity contribution in [2.45, 2.75) is 6.18 Å². The van der Waals surface area contributed by atoms with E-state index in [4.69, 9.17) is 0 Å². The molecule has 0 spiro atoms. The fourth-order valence-electron chi connectivity index (χ4n) is 3.57. The molecule has 0 atom stereocenters. The van der Waals surface area contributed by atoms with Gasteiger partial charge in [-0.2, -0.15) is 13.2 Å². The molecule has 4 nitrogen and oxygen atoms in total. The number of rotatable bonds is 4. The number of pyridine rings is 1. The zero-order valence-electron chi connectivity index (χ0n) is 16.1. The summed E-state index contributed by atoms with van der Waals surface area (Å²) in [7, 11) is 0. The SMILES string of the molecule is O=Cc1ccc(-c2ccc(N3CCN(c4cccc(C(F)(F)F)c4)CC3)nc2)cc1. The first-order valence-electron chi connectivity index (χ1n) is 9.63. The first-order valence-corrected chi connectivity index (χ1v) is 9.63. The number of nitrogens with zero attached hydrogens (tertiary/aromatic N) is 3. The number of halogens is 3. The summed E-state index contributed by atoms with van der Waals surface area (Å²) in [6.45, 7) is 2.60. The normalized spacial score (nSPS) is 14.6. The zero-order valence-corrected chi connectivity index (χ0v) is 16.1. The van der Waals surface area contributed by atoms with Crippen LogP contribution in [0.2, 0.25) is 0 Å². The second-order valence-corrected chi connectivity index (χ2v) is 7.17. The number of aldehydes is 1. The smallest absolute Gasteiger partial charge is 0.368 e. The number of carbonyl (C=O) groups is 1. The molecule has 4 rings (SSSR count). The molecule has 0 radical (unpaired) electrons. The lowest BCUT2D eigenvalue weighted by molar-refractivity contribution is -0.137. The fraction of sp³-hybridized carbons (Fsp3) is 0.217. The van der Waals surface area contributed by atoms with Gasteiger partial charge in [-0.05, 0) is 35.9 Å². The van der Waals surface area contributed by atoms with Crippen molar-refractivity contribution in [1.82, 2.24) is 4.98 Å². The Morgan fingerprint density at radius 1 is 0.833 bits per heavy atom. The number of carbonyl (C=O) groups excluding carboxylic acids is 1. The van der Waals surface area contributed by atoms with Crippen LogP contribution in [0.3, 0.4) is 0 Å². The van der Waals surface area contributed by atoms with Gasteiger partial charge in [0.1, 0.15) is 12.1 Å². The molecule has 1 saturated heterocycles. The van der Waals surface area contributed by atoms with Gasteiger partial charge in [-0.1, -0.05) is 30.3 Å². The highest BCUT2D eigenvalue weighted by atomic mass is 19.4. The molecule has 2 heterocycles. The van der Waals surface area contributed by atoms with Gasteiger partial charge in [-0.3, -0.25) is 4.79 Å². The van der Waals surface area contributed by atoms with Crippen molar-refractivity contribution in [3.8, 4) is 11.1 Å². The average Bonchev–Trinajstić information content (AvgIpc) is 2.79. The number of hydrogen-bond acceptors (Lipinski definition) is 4. The highest BCUT2D eigenvalue weighted by molar-refractivity contribution is 5.76. The van der Waals surface area contributed by atoms with Crippen LogP contribution < -0.4 is 9.80 Å². The topological polar surface area (TPSA) is 36.4 Å². The van der Waals surface area contributed by atoms with E-state index >= 15 is 0 Å². The Morgan fingerprint density at radius 3 is 2.10 bits per heavy atom. The molecule has 0 saturated carbocycles. The summed E-state index contributed by atoms with van der Waals surface area (Å²) >= 11 is 0. The van der Waals surface area contributed by atoms with Crippen LogP contribution >= 0.6 is 0 Å². The van der Waals surface area contributed by atoms with Crippen molar-refractivity contribution < 1.29 is 18.0 Å². The summed E-state index contributed by atoms with van der Waals surface area (Å²) in [6, 6.07) is 16.7. The summed E-state index contributed by atoms with van der Waals surface area (Å²) in [5.74, 6) is 0.840. The van der Waals surface area contributed by atoms with Crippen LogP contribution in [-0.4, -0.2) is 37.4 Å². The average molecular weight is 411 g/mol. The summed E-state index contributed by atoms with van der Waals surface area (Å²) < 4.78 is 38.9. The lowest BCUT2D eigenvalue weighted by Gasteiger charge is -2.37. The van der Waals surface area contributed by atoms with Crippen LogP contribution in [0, 0.1) is 0 Å². The molecule has 1 fully saturated rings. The van der Waals surface area contributed by atoms with E-state index in [0.717, 1.165) is 29.3 Å². The lowest BCUT2D eigenvalue weighted by atomic mass is 10.1. The van der Waals surface area contributed by atoms with Crippen LogP contribution in [0.5, 0.6) is 0 Å². The second kappa shape index (κ2) is 8.18. The van der Waals surface area contributed by atoms with E-state index in [1.54, 1.807) is 24.4 Å². The maximum absolute atomic E-state index is 13.0. The van der Waals surface area contributed by atoms with Crippen LogP contribution in [0.25, 0.3) is 11.1 Å². The Bertz CT molecular complexity index is 1010. The minimum absolute atomic E-state index is 0.589. The summed E-state index contributed by atoms with van der Waals surface area (Å²) in [6.07, 6.45) is -1.73. The van der Waals surface area contributed by atoms with E-state index < -0.39 is 11.7 Å². The third-order valence-electron chi connectivity index (χ3n) is 5.27. The molecule has 0 amide bonds. The number of alkyl halides is 3. The molecule has 0 N–H and O–H groups in total. The van der Waals surface area contributed by atoms with Crippen LogP contribution in [0.4, 0.5) is 24.7 Å².